The van der Waals surface area contributed by atoms with Gasteiger partial charge in [0.25, 0.3) is 0 Å². The van der Waals surface area contributed by atoms with Crippen LogP contribution >= 0.6 is 12.2 Å². The molecule has 0 aromatic rings. The first-order valence-corrected chi connectivity index (χ1v) is 6.44. The Morgan fingerprint density at radius 2 is 1.87 bits per heavy atom. The summed E-state index contributed by atoms with van der Waals surface area (Å²) in [5.74, 6) is 1.36. The lowest BCUT2D eigenvalue weighted by molar-refractivity contribution is 0.353. The Morgan fingerprint density at radius 1 is 1.27 bits per heavy atom. The van der Waals surface area contributed by atoms with Crippen LogP contribution in [-0.2, 0) is 0 Å². The molecule has 0 rings (SSSR count). The van der Waals surface area contributed by atoms with Crippen LogP contribution < -0.4 is 5.32 Å². The third-order valence-corrected chi connectivity index (χ3v) is 2.96. The molecule has 1 N–H and O–H groups in total. The van der Waals surface area contributed by atoms with Crippen molar-refractivity contribution in [2.75, 3.05) is 19.6 Å². The van der Waals surface area contributed by atoms with Crippen LogP contribution in [0.1, 0.15) is 41.0 Å². The summed E-state index contributed by atoms with van der Waals surface area (Å²) < 4.78 is 0. The second-order valence-electron chi connectivity index (χ2n) is 4.63. The normalized spacial score (nSPS) is 12.7. The molecule has 3 heteroatoms. The highest BCUT2D eigenvalue weighted by atomic mass is 32.1. The summed E-state index contributed by atoms with van der Waals surface area (Å²) in [6.07, 6.45) is 1.21. The minimum atomic E-state index is 0.644. The molecule has 90 valence electrons. The average molecular weight is 230 g/mol. The third-order valence-electron chi connectivity index (χ3n) is 2.56. The summed E-state index contributed by atoms with van der Waals surface area (Å²) in [5.41, 5.74) is 0. The Labute approximate surface area is 100 Å². The van der Waals surface area contributed by atoms with Gasteiger partial charge in [-0.1, -0.05) is 34.1 Å². The van der Waals surface area contributed by atoms with Gasteiger partial charge in [-0.2, -0.15) is 0 Å². The molecule has 1 unspecified atom stereocenters. The van der Waals surface area contributed by atoms with Crippen LogP contribution in [0.4, 0.5) is 0 Å². The molecule has 0 saturated heterocycles. The maximum absolute atomic E-state index is 5.37. The highest BCUT2D eigenvalue weighted by Crippen LogP contribution is 2.04. The maximum Gasteiger partial charge on any atom is 0.168 e. The number of nitrogens with one attached hydrogen (secondary N) is 1. The molecule has 2 nitrogen and oxygen atoms in total. The number of hydrogen-bond donors (Lipinski definition) is 1. The maximum atomic E-state index is 5.37. The van der Waals surface area contributed by atoms with Gasteiger partial charge in [0, 0.05) is 19.6 Å². The van der Waals surface area contributed by atoms with E-state index in [9.17, 15) is 0 Å². The van der Waals surface area contributed by atoms with Crippen LogP contribution in [0.3, 0.4) is 0 Å². The molecule has 0 fully saturated rings. The van der Waals surface area contributed by atoms with Crippen molar-refractivity contribution < 1.29 is 0 Å². The highest BCUT2D eigenvalue weighted by Gasteiger charge is 2.10. The second kappa shape index (κ2) is 7.91. The molecule has 0 aromatic heterocycles. The molecule has 0 heterocycles. The van der Waals surface area contributed by atoms with Gasteiger partial charge in [-0.25, -0.2) is 0 Å². The predicted molar refractivity (Wildman–Crippen MR) is 72.1 cm³/mol. The van der Waals surface area contributed by atoms with Crippen molar-refractivity contribution >= 4 is 17.3 Å². The van der Waals surface area contributed by atoms with Gasteiger partial charge in [0.1, 0.15) is 0 Å². The number of rotatable bonds is 6. The van der Waals surface area contributed by atoms with Gasteiger partial charge >= 0.3 is 0 Å². The molecule has 0 spiro atoms. The van der Waals surface area contributed by atoms with Gasteiger partial charge in [-0.05, 0) is 31.0 Å². The van der Waals surface area contributed by atoms with Crippen LogP contribution in [0.5, 0.6) is 0 Å². The summed E-state index contributed by atoms with van der Waals surface area (Å²) in [6.45, 7) is 14.1. The van der Waals surface area contributed by atoms with Gasteiger partial charge < -0.3 is 10.2 Å². The van der Waals surface area contributed by atoms with Crippen LogP contribution in [0.15, 0.2) is 0 Å². The second-order valence-corrected chi connectivity index (χ2v) is 5.02. The van der Waals surface area contributed by atoms with Crippen LogP contribution in [0.25, 0.3) is 0 Å². The minimum absolute atomic E-state index is 0.644. The fourth-order valence-corrected chi connectivity index (χ4v) is 1.55. The van der Waals surface area contributed by atoms with Crippen LogP contribution in [0, 0.1) is 11.8 Å². The lowest BCUT2D eigenvalue weighted by atomic mass is 10.1. The molecule has 15 heavy (non-hydrogen) atoms. The molecule has 0 aliphatic rings. The fraction of sp³-hybridized carbons (Fsp3) is 0.917. The monoisotopic (exact) mass is 230 g/mol. The van der Waals surface area contributed by atoms with E-state index in [1.54, 1.807) is 0 Å². The summed E-state index contributed by atoms with van der Waals surface area (Å²) in [7, 11) is 0. The minimum Gasteiger partial charge on any atom is -0.362 e. The van der Waals surface area contributed by atoms with Gasteiger partial charge in [0.2, 0.25) is 0 Å². The molecule has 0 aliphatic heterocycles. The van der Waals surface area contributed by atoms with E-state index in [2.05, 4.69) is 44.8 Å². The first-order chi connectivity index (χ1) is 7.01. The largest absolute Gasteiger partial charge is 0.362 e. The van der Waals surface area contributed by atoms with Gasteiger partial charge in [0.15, 0.2) is 5.11 Å². The molecule has 0 radical (unpaired) electrons. The van der Waals surface area contributed by atoms with Gasteiger partial charge in [0.05, 0.1) is 0 Å². The first-order valence-electron chi connectivity index (χ1n) is 6.03. The number of hydrogen-bond acceptors (Lipinski definition) is 1. The zero-order valence-corrected chi connectivity index (χ0v) is 11.7. The standard InChI is InChI=1S/C12H26N2S/c1-6-11(5)9-14(7-2)12(15)13-8-10(3)4/h10-11H,6-9H2,1-5H3,(H,13,15). The summed E-state index contributed by atoms with van der Waals surface area (Å²) in [6, 6.07) is 0. The van der Waals surface area contributed by atoms with E-state index in [0.717, 1.165) is 24.7 Å². The average Bonchev–Trinajstić information content (AvgIpc) is 2.21. The van der Waals surface area contributed by atoms with E-state index >= 15 is 0 Å². The Kier molecular flexibility index (Phi) is 7.75. The zero-order chi connectivity index (χ0) is 11.8. The van der Waals surface area contributed by atoms with Gasteiger partial charge in [-0.3, -0.25) is 0 Å². The summed E-state index contributed by atoms with van der Waals surface area (Å²) >= 11 is 5.37. The highest BCUT2D eigenvalue weighted by molar-refractivity contribution is 7.80. The Balaban J connectivity index is 3.99. The summed E-state index contributed by atoms with van der Waals surface area (Å²) in [4.78, 5) is 2.26. The Hall–Kier alpha value is -0.310. The lowest BCUT2D eigenvalue weighted by Crippen LogP contribution is -2.42. The van der Waals surface area contributed by atoms with Gasteiger partial charge in [-0.15, -0.1) is 0 Å². The Bertz CT molecular complexity index is 180. The van der Waals surface area contributed by atoms with E-state index < -0.39 is 0 Å². The van der Waals surface area contributed by atoms with E-state index in [0.29, 0.717) is 11.8 Å². The number of nitrogens with zero attached hydrogens (tertiary/aromatic N) is 1. The van der Waals surface area contributed by atoms with Crippen LogP contribution in [-0.4, -0.2) is 29.6 Å². The van der Waals surface area contributed by atoms with Crippen molar-refractivity contribution in [1.29, 1.82) is 0 Å². The molecule has 0 saturated carbocycles. The quantitative estimate of drug-likeness (QED) is 0.706. The number of thiocarbonyl (C=S) groups is 1. The van der Waals surface area contributed by atoms with E-state index in [4.69, 9.17) is 12.2 Å². The topological polar surface area (TPSA) is 15.3 Å². The molecule has 0 amide bonds. The van der Waals surface area contributed by atoms with E-state index in [-0.39, 0.29) is 0 Å². The molecule has 1 atom stereocenters. The van der Waals surface area contributed by atoms with Crippen molar-refractivity contribution in [2.24, 2.45) is 11.8 Å². The fourth-order valence-electron chi connectivity index (χ4n) is 1.26. The van der Waals surface area contributed by atoms with Crippen molar-refractivity contribution in [3.63, 3.8) is 0 Å². The molecule has 0 aliphatic carbocycles. The molecular weight excluding hydrogens is 204 g/mol. The zero-order valence-electron chi connectivity index (χ0n) is 10.8. The Morgan fingerprint density at radius 3 is 2.27 bits per heavy atom. The smallest absolute Gasteiger partial charge is 0.168 e. The lowest BCUT2D eigenvalue weighted by Gasteiger charge is -2.27. The molecular formula is C12H26N2S. The SMILES string of the molecule is CCC(C)CN(CC)C(=S)NCC(C)C. The van der Waals surface area contributed by atoms with Crippen LogP contribution in [0.2, 0.25) is 0 Å². The van der Waals surface area contributed by atoms with Crippen molar-refractivity contribution in [1.82, 2.24) is 10.2 Å². The molecule has 0 bridgehead atoms. The van der Waals surface area contributed by atoms with E-state index in [1.165, 1.54) is 6.42 Å². The first kappa shape index (κ1) is 14.7. The predicted octanol–water partition coefficient (Wildman–Crippen LogP) is 2.88. The van der Waals surface area contributed by atoms with Crippen molar-refractivity contribution in [3.8, 4) is 0 Å². The molecule has 0 aromatic carbocycles. The summed E-state index contributed by atoms with van der Waals surface area (Å²) in [5, 5.41) is 4.23. The van der Waals surface area contributed by atoms with Crippen molar-refractivity contribution in [3.05, 3.63) is 0 Å². The third kappa shape index (κ3) is 6.72. The van der Waals surface area contributed by atoms with E-state index in [1.807, 2.05) is 0 Å². The van der Waals surface area contributed by atoms with Crippen molar-refractivity contribution in [2.45, 2.75) is 41.0 Å².